The van der Waals surface area contributed by atoms with Crippen molar-refractivity contribution in [2.24, 2.45) is 0 Å². The van der Waals surface area contributed by atoms with Gasteiger partial charge in [0.05, 0.1) is 17.1 Å². The number of imidazole rings is 1. The molecule has 1 aromatic heterocycles. The highest BCUT2D eigenvalue weighted by Crippen LogP contribution is 2.30. The summed E-state index contributed by atoms with van der Waals surface area (Å²) in [7, 11) is 0. The van der Waals surface area contributed by atoms with Gasteiger partial charge in [-0.3, -0.25) is 4.79 Å². The van der Waals surface area contributed by atoms with E-state index in [0.29, 0.717) is 16.9 Å². The SMILES string of the molecule is Cc1nc2c(C(=O)O)cc(-c3ccc(-c4cccc(NC(=O)C5CCCN5)c4)cc3)cc2[nH]1.O=C(O)C(F)(F)F. The highest BCUT2D eigenvalue weighted by molar-refractivity contribution is 6.03. The molecule has 0 aliphatic carbocycles. The van der Waals surface area contributed by atoms with Crippen molar-refractivity contribution in [2.75, 3.05) is 11.9 Å². The van der Waals surface area contributed by atoms with Crippen molar-refractivity contribution in [2.45, 2.75) is 32.0 Å². The number of rotatable bonds is 5. The average molecular weight is 555 g/mol. The van der Waals surface area contributed by atoms with Crippen molar-refractivity contribution in [3.63, 3.8) is 0 Å². The third-order valence-electron chi connectivity index (χ3n) is 6.24. The van der Waals surface area contributed by atoms with Crippen molar-refractivity contribution in [3.05, 3.63) is 72.1 Å². The fourth-order valence-electron chi connectivity index (χ4n) is 4.34. The highest BCUT2D eigenvalue weighted by Gasteiger charge is 2.38. The van der Waals surface area contributed by atoms with Crippen molar-refractivity contribution in [1.29, 1.82) is 0 Å². The van der Waals surface area contributed by atoms with Gasteiger partial charge in [0.1, 0.15) is 11.3 Å². The number of benzene rings is 3. The molecule has 1 amide bonds. The number of anilines is 1. The molecule has 1 fully saturated rings. The van der Waals surface area contributed by atoms with Crippen LogP contribution in [0.15, 0.2) is 60.7 Å². The van der Waals surface area contributed by atoms with Gasteiger partial charge in [-0.05, 0) is 72.8 Å². The smallest absolute Gasteiger partial charge is 0.478 e. The number of aryl methyl sites for hydroxylation is 1. The maximum absolute atomic E-state index is 12.4. The molecular formula is C28H25F3N4O5. The molecule has 0 radical (unpaired) electrons. The lowest BCUT2D eigenvalue weighted by atomic mass is 9.98. The number of aromatic amines is 1. The summed E-state index contributed by atoms with van der Waals surface area (Å²) in [4.78, 5) is 40.5. The van der Waals surface area contributed by atoms with E-state index in [1.165, 1.54) is 0 Å². The summed E-state index contributed by atoms with van der Waals surface area (Å²) in [6.45, 7) is 2.69. The number of aliphatic carboxylic acids is 1. The molecule has 0 bridgehead atoms. The van der Waals surface area contributed by atoms with Gasteiger partial charge in [0.2, 0.25) is 5.91 Å². The molecule has 40 heavy (non-hydrogen) atoms. The second-order valence-electron chi connectivity index (χ2n) is 9.15. The van der Waals surface area contributed by atoms with Gasteiger partial charge >= 0.3 is 18.1 Å². The zero-order valence-corrected chi connectivity index (χ0v) is 21.2. The molecule has 1 saturated heterocycles. The number of carbonyl (C=O) groups is 3. The number of aromatic nitrogens is 2. The minimum atomic E-state index is -5.08. The van der Waals surface area contributed by atoms with Gasteiger partial charge in [0, 0.05) is 5.69 Å². The zero-order valence-electron chi connectivity index (χ0n) is 21.2. The Morgan fingerprint density at radius 1 is 0.950 bits per heavy atom. The van der Waals surface area contributed by atoms with Crippen LogP contribution in [0, 0.1) is 6.92 Å². The third kappa shape index (κ3) is 6.64. The van der Waals surface area contributed by atoms with Crippen molar-refractivity contribution in [1.82, 2.24) is 15.3 Å². The minimum Gasteiger partial charge on any atom is -0.478 e. The molecule has 9 nitrogen and oxygen atoms in total. The van der Waals surface area contributed by atoms with Crippen LogP contribution in [0.4, 0.5) is 18.9 Å². The molecular weight excluding hydrogens is 529 g/mol. The summed E-state index contributed by atoms with van der Waals surface area (Å²) in [6.07, 6.45) is -3.20. The molecule has 2 heterocycles. The monoisotopic (exact) mass is 554 g/mol. The van der Waals surface area contributed by atoms with Crippen LogP contribution in [0.3, 0.4) is 0 Å². The Morgan fingerprint density at radius 3 is 2.17 bits per heavy atom. The third-order valence-corrected chi connectivity index (χ3v) is 6.24. The van der Waals surface area contributed by atoms with Crippen LogP contribution in [-0.2, 0) is 9.59 Å². The molecule has 0 spiro atoms. The number of aromatic carboxylic acids is 1. The number of nitrogens with one attached hydrogen (secondary N) is 3. The van der Waals surface area contributed by atoms with E-state index in [1.54, 1.807) is 13.0 Å². The van der Waals surface area contributed by atoms with Crippen molar-refractivity contribution < 1.29 is 37.8 Å². The number of halogens is 3. The Balaban J connectivity index is 0.000000470. The molecule has 208 valence electrons. The van der Waals surface area contributed by atoms with Gasteiger partial charge < -0.3 is 25.8 Å². The van der Waals surface area contributed by atoms with Crippen LogP contribution < -0.4 is 10.6 Å². The zero-order chi connectivity index (χ0) is 29.0. The fraction of sp³-hybridized carbons (Fsp3) is 0.214. The number of hydrogen-bond acceptors (Lipinski definition) is 5. The normalized spacial score (nSPS) is 14.8. The standard InChI is InChI=1S/C26H24N4O3.C2HF3O2/c1-15-28-23-14-19(13-21(26(32)33)24(23)29-15)17-9-7-16(8-10-17)18-4-2-5-20(12-18)30-25(31)22-6-3-11-27-22;3-2(4,5)1(6)7/h2,4-5,7-10,12-14,22,27H,3,6,11H2,1H3,(H,28,29)(H,30,31)(H,32,33);(H,6,7). The first-order valence-electron chi connectivity index (χ1n) is 12.2. The van der Waals surface area contributed by atoms with Gasteiger partial charge in [-0.25, -0.2) is 14.6 Å². The summed E-state index contributed by atoms with van der Waals surface area (Å²) in [5, 5.41) is 23.0. The van der Waals surface area contributed by atoms with Gasteiger partial charge in [0.15, 0.2) is 0 Å². The van der Waals surface area contributed by atoms with Crippen LogP contribution in [0.25, 0.3) is 33.3 Å². The molecule has 0 saturated carbocycles. The predicted octanol–water partition coefficient (Wildman–Crippen LogP) is 5.23. The van der Waals surface area contributed by atoms with Gasteiger partial charge in [-0.15, -0.1) is 0 Å². The van der Waals surface area contributed by atoms with Crippen LogP contribution in [0.5, 0.6) is 0 Å². The lowest BCUT2D eigenvalue weighted by Crippen LogP contribution is -2.35. The summed E-state index contributed by atoms with van der Waals surface area (Å²) in [5.74, 6) is -3.08. The second-order valence-corrected chi connectivity index (χ2v) is 9.15. The lowest BCUT2D eigenvalue weighted by Gasteiger charge is -2.12. The molecule has 1 aliphatic rings. The molecule has 1 unspecified atom stereocenters. The molecule has 1 atom stereocenters. The lowest BCUT2D eigenvalue weighted by molar-refractivity contribution is -0.192. The van der Waals surface area contributed by atoms with E-state index in [9.17, 15) is 27.9 Å². The van der Waals surface area contributed by atoms with Crippen molar-refractivity contribution >= 4 is 34.6 Å². The Morgan fingerprint density at radius 2 is 1.60 bits per heavy atom. The number of carbonyl (C=O) groups excluding carboxylic acids is 1. The summed E-state index contributed by atoms with van der Waals surface area (Å²) in [6, 6.07) is 19.2. The molecule has 5 N–H and O–H groups in total. The number of alkyl halides is 3. The summed E-state index contributed by atoms with van der Waals surface area (Å²) < 4.78 is 31.7. The number of fused-ring (bicyclic) bond motifs is 1. The van der Waals surface area contributed by atoms with E-state index in [0.717, 1.165) is 47.3 Å². The number of amides is 1. The van der Waals surface area contributed by atoms with E-state index < -0.39 is 18.1 Å². The van der Waals surface area contributed by atoms with Crippen LogP contribution in [-0.4, -0.2) is 56.8 Å². The topological polar surface area (TPSA) is 144 Å². The Hall–Kier alpha value is -4.71. The molecule has 12 heteroatoms. The quantitative estimate of drug-likeness (QED) is 0.227. The van der Waals surface area contributed by atoms with Gasteiger partial charge in [-0.1, -0.05) is 36.4 Å². The van der Waals surface area contributed by atoms with Gasteiger partial charge in [-0.2, -0.15) is 13.2 Å². The first kappa shape index (κ1) is 28.3. The van der Waals surface area contributed by atoms with Gasteiger partial charge in [0.25, 0.3) is 0 Å². The first-order valence-corrected chi connectivity index (χ1v) is 12.2. The van der Waals surface area contributed by atoms with Crippen LogP contribution >= 0.6 is 0 Å². The van der Waals surface area contributed by atoms with E-state index in [-0.39, 0.29) is 17.5 Å². The number of H-pyrrole nitrogens is 1. The van der Waals surface area contributed by atoms with E-state index in [1.807, 2.05) is 54.6 Å². The largest absolute Gasteiger partial charge is 0.490 e. The number of hydrogen-bond donors (Lipinski definition) is 5. The Kier molecular flexibility index (Phi) is 8.19. The first-order chi connectivity index (χ1) is 18.9. The fourth-order valence-corrected chi connectivity index (χ4v) is 4.34. The number of carboxylic acid groups (broad SMARTS) is 2. The molecule has 4 aromatic rings. The second kappa shape index (κ2) is 11.6. The molecule has 1 aliphatic heterocycles. The van der Waals surface area contributed by atoms with E-state index >= 15 is 0 Å². The van der Waals surface area contributed by atoms with E-state index in [2.05, 4.69) is 20.6 Å². The Bertz CT molecular complexity index is 1560. The predicted molar refractivity (Wildman–Crippen MR) is 142 cm³/mol. The maximum atomic E-state index is 12.4. The maximum Gasteiger partial charge on any atom is 0.490 e. The average Bonchev–Trinajstić information content (AvgIpc) is 3.57. The van der Waals surface area contributed by atoms with Crippen molar-refractivity contribution in [3.8, 4) is 22.3 Å². The Labute approximate surface area is 226 Å². The van der Waals surface area contributed by atoms with Crippen LogP contribution in [0.1, 0.15) is 29.0 Å². The number of nitrogens with zero attached hydrogens (tertiary/aromatic N) is 1. The molecule has 5 rings (SSSR count). The molecule has 3 aromatic carbocycles. The highest BCUT2D eigenvalue weighted by atomic mass is 19.4. The summed E-state index contributed by atoms with van der Waals surface area (Å²) in [5.41, 5.74) is 5.82. The minimum absolute atomic E-state index is 0.00123. The van der Waals surface area contributed by atoms with E-state index in [4.69, 9.17) is 9.90 Å². The number of carboxylic acids is 2. The summed E-state index contributed by atoms with van der Waals surface area (Å²) >= 11 is 0. The van der Waals surface area contributed by atoms with Crippen LogP contribution in [0.2, 0.25) is 0 Å².